The van der Waals surface area contributed by atoms with Crippen LogP contribution in [-0.4, -0.2) is 14.1 Å². The van der Waals surface area contributed by atoms with Gasteiger partial charge in [-0.2, -0.15) is 0 Å². The molecule has 0 N–H and O–H groups in total. The molecule has 0 aliphatic carbocycles. The Kier molecular flexibility index (Phi) is 5.04. The van der Waals surface area contributed by atoms with E-state index in [1.165, 1.54) is 36.9 Å². The summed E-state index contributed by atoms with van der Waals surface area (Å²) in [6, 6.07) is 9.08. The zero-order chi connectivity index (χ0) is 12.9. The van der Waals surface area contributed by atoms with Gasteiger partial charge in [0.1, 0.15) is 0 Å². The molecule has 0 aliphatic heterocycles. The SMILES string of the molecule is CCCC(C)(CCC)c1ccc(N(C)C)cc1. The summed E-state index contributed by atoms with van der Waals surface area (Å²) in [5.74, 6) is 0. The molecule has 96 valence electrons. The Bertz CT molecular complexity index is 318. The van der Waals surface area contributed by atoms with Crippen LogP contribution in [0, 0.1) is 0 Å². The van der Waals surface area contributed by atoms with Crippen molar-refractivity contribution in [3.05, 3.63) is 29.8 Å². The van der Waals surface area contributed by atoms with Crippen LogP contribution < -0.4 is 4.90 Å². The molecule has 0 spiro atoms. The van der Waals surface area contributed by atoms with E-state index in [0.717, 1.165) is 0 Å². The summed E-state index contributed by atoms with van der Waals surface area (Å²) in [6.45, 7) is 6.97. The van der Waals surface area contributed by atoms with Gasteiger partial charge in [0.2, 0.25) is 0 Å². The molecule has 1 aromatic rings. The van der Waals surface area contributed by atoms with Gasteiger partial charge in [-0.1, -0.05) is 45.7 Å². The first kappa shape index (κ1) is 14.1. The van der Waals surface area contributed by atoms with Crippen LogP contribution >= 0.6 is 0 Å². The summed E-state index contributed by atoms with van der Waals surface area (Å²) in [5, 5.41) is 0. The van der Waals surface area contributed by atoms with Crippen molar-refractivity contribution in [2.75, 3.05) is 19.0 Å². The van der Waals surface area contributed by atoms with Gasteiger partial charge in [0.25, 0.3) is 0 Å². The van der Waals surface area contributed by atoms with Crippen molar-refractivity contribution in [2.45, 2.75) is 51.9 Å². The Labute approximate surface area is 107 Å². The van der Waals surface area contributed by atoms with Crippen molar-refractivity contribution in [1.82, 2.24) is 0 Å². The van der Waals surface area contributed by atoms with Crippen molar-refractivity contribution >= 4 is 5.69 Å². The molecular formula is C16H27N. The predicted molar refractivity (Wildman–Crippen MR) is 77.9 cm³/mol. The van der Waals surface area contributed by atoms with Crippen LogP contribution in [0.25, 0.3) is 0 Å². The molecule has 0 unspecified atom stereocenters. The molecule has 1 rings (SSSR count). The van der Waals surface area contributed by atoms with Crippen molar-refractivity contribution in [3.63, 3.8) is 0 Å². The van der Waals surface area contributed by atoms with Gasteiger partial charge < -0.3 is 4.90 Å². The van der Waals surface area contributed by atoms with Gasteiger partial charge in [0, 0.05) is 19.8 Å². The third kappa shape index (κ3) is 3.49. The van der Waals surface area contributed by atoms with E-state index in [2.05, 4.69) is 64.0 Å². The highest BCUT2D eigenvalue weighted by atomic mass is 15.1. The maximum Gasteiger partial charge on any atom is 0.0361 e. The number of anilines is 1. The van der Waals surface area contributed by atoms with Crippen molar-refractivity contribution in [1.29, 1.82) is 0 Å². The minimum atomic E-state index is 0.355. The van der Waals surface area contributed by atoms with E-state index in [9.17, 15) is 0 Å². The van der Waals surface area contributed by atoms with E-state index in [4.69, 9.17) is 0 Å². The van der Waals surface area contributed by atoms with E-state index < -0.39 is 0 Å². The maximum atomic E-state index is 2.41. The van der Waals surface area contributed by atoms with Crippen LogP contribution in [0.15, 0.2) is 24.3 Å². The smallest absolute Gasteiger partial charge is 0.0361 e. The summed E-state index contributed by atoms with van der Waals surface area (Å²) >= 11 is 0. The van der Waals surface area contributed by atoms with Gasteiger partial charge in [-0.25, -0.2) is 0 Å². The average Bonchev–Trinajstić information content (AvgIpc) is 2.30. The number of nitrogens with zero attached hydrogens (tertiary/aromatic N) is 1. The topological polar surface area (TPSA) is 3.24 Å². The third-order valence-electron chi connectivity index (χ3n) is 3.68. The Morgan fingerprint density at radius 1 is 0.941 bits per heavy atom. The second kappa shape index (κ2) is 6.09. The highest BCUT2D eigenvalue weighted by Crippen LogP contribution is 2.34. The minimum Gasteiger partial charge on any atom is -0.378 e. The van der Waals surface area contributed by atoms with Gasteiger partial charge in [-0.3, -0.25) is 0 Å². The second-order valence-corrected chi connectivity index (χ2v) is 5.50. The fourth-order valence-electron chi connectivity index (χ4n) is 2.68. The first-order valence-corrected chi connectivity index (χ1v) is 6.81. The fourth-order valence-corrected chi connectivity index (χ4v) is 2.68. The summed E-state index contributed by atoms with van der Waals surface area (Å²) in [7, 11) is 4.18. The Hall–Kier alpha value is -0.980. The largest absolute Gasteiger partial charge is 0.378 e. The third-order valence-corrected chi connectivity index (χ3v) is 3.68. The molecule has 1 aromatic carbocycles. The first-order chi connectivity index (χ1) is 8.03. The van der Waals surface area contributed by atoms with E-state index in [1.54, 1.807) is 0 Å². The van der Waals surface area contributed by atoms with Crippen LogP contribution in [0.1, 0.15) is 52.0 Å². The zero-order valence-electron chi connectivity index (χ0n) is 12.1. The van der Waals surface area contributed by atoms with Crippen LogP contribution in [0.2, 0.25) is 0 Å². The van der Waals surface area contributed by atoms with Gasteiger partial charge in [-0.05, 0) is 36.0 Å². The van der Waals surface area contributed by atoms with Crippen LogP contribution in [0.5, 0.6) is 0 Å². The van der Waals surface area contributed by atoms with E-state index in [-0.39, 0.29) is 0 Å². The lowest BCUT2D eigenvalue weighted by Gasteiger charge is -2.30. The monoisotopic (exact) mass is 233 g/mol. The molecule has 0 fully saturated rings. The minimum absolute atomic E-state index is 0.355. The summed E-state index contributed by atoms with van der Waals surface area (Å²) in [4.78, 5) is 2.15. The molecule has 0 saturated heterocycles. The molecule has 0 heterocycles. The molecule has 1 heteroatoms. The highest BCUT2D eigenvalue weighted by Gasteiger charge is 2.24. The molecule has 0 saturated carbocycles. The normalized spacial score (nSPS) is 11.6. The lowest BCUT2D eigenvalue weighted by atomic mass is 9.75. The lowest BCUT2D eigenvalue weighted by molar-refractivity contribution is 0.392. The quantitative estimate of drug-likeness (QED) is 0.693. The lowest BCUT2D eigenvalue weighted by Crippen LogP contribution is -2.21. The van der Waals surface area contributed by atoms with Gasteiger partial charge in [0.05, 0.1) is 0 Å². The van der Waals surface area contributed by atoms with Crippen molar-refractivity contribution in [3.8, 4) is 0 Å². The molecule has 0 radical (unpaired) electrons. The van der Waals surface area contributed by atoms with Crippen LogP contribution in [0.4, 0.5) is 5.69 Å². The first-order valence-electron chi connectivity index (χ1n) is 6.81. The second-order valence-electron chi connectivity index (χ2n) is 5.50. The molecule has 1 nitrogen and oxygen atoms in total. The van der Waals surface area contributed by atoms with E-state index in [0.29, 0.717) is 5.41 Å². The molecule has 0 aromatic heterocycles. The van der Waals surface area contributed by atoms with Gasteiger partial charge in [-0.15, -0.1) is 0 Å². The van der Waals surface area contributed by atoms with Gasteiger partial charge >= 0.3 is 0 Å². The number of hydrogen-bond acceptors (Lipinski definition) is 1. The molecule has 0 amide bonds. The summed E-state index contributed by atoms with van der Waals surface area (Å²) < 4.78 is 0. The fraction of sp³-hybridized carbons (Fsp3) is 0.625. The van der Waals surface area contributed by atoms with Crippen molar-refractivity contribution in [2.24, 2.45) is 0 Å². The summed E-state index contributed by atoms with van der Waals surface area (Å²) in [6.07, 6.45) is 5.07. The van der Waals surface area contributed by atoms with E-state index >= 15 is 0 Å². The summed E-state index contributed by atoms with van der Waals surface area (Å²) in [5.41, 5.74) is 3.13. The number of hydrogen-bond donors (Lipinski definition) is 0. The molecule has 0 atom stereocenters. The standard InChI is InChI=1S/C16H27N/c1-6-12-16(3,13-7-2)14-8-10-15(11-9-14)17(4)5/h8-11H,6-7,12-13H2,1-5H3. The van der Waals surface area contributed by atoms with Crippen LogP contribution in [0.3, 0.4) is 0 Å². The van der Waals surface area contributed by atoms with Crippen LogP contribution in [-0.2, 0) is 5.41 Å². The van der Waals surface area contributed by atoms with Crippen molar-refractivity contribution < 1.29 is 0 Å². The highest BCUT2D eigenvalue weighted by molar-refractivity contribution is 5.47. The van der Waals surface area contributed by atoms with Gasteiger partial charge in [0.15, 0.2) is 0 Å². The molecule has 0 aliphatic rings. The Morgan fingerprint density at radius 3 is 1.76 bits per heavy atom. The van der Waals surface area contributed by atoms with E-state index in [1.807, 2.05) is 0 Å². The zero-order valence-corrected chi connectivity index (χ0v) is 12.1. The molecule has 17 heavy (non-hydrogen) atoms. The Morgan fingerprint density at radius 2 is 1.41 bits per heavy atom. The molecule has 0 bridgehead atoms. The Balaban J connectivity index is 2.95. The molecular weight excluding hydrogens is 206 g/mol. The average molecular weight is 233 g/mol. The number of rotatable bonds is 6. The maximum absolute atomic E-state index is 2.41. The number of benzene rings is 1. The predicted octanol–water partition coefficient (Wildman–Crippen LogP) is 4.61.